The number of carbonyl (C=O) groups excluding carboxylic acids is 1. The van der Waals surface area contributed by atoms with E-state index in [4.69, 9.17) is 4.74 Å². The quantitative estimate of drug-likeness (QED) is 0.861. The van der Waals surface area contributed by atoms with Gasteiger partial charge in [-0.05, 0) is 55.9 Å². The molecule has 2 atom stereocenters. The number of hydrogen-bond donors (Lipinski definition) is 1. The SMILES string of the molecule is COc1ccc2[nH]c(C(=O)N3C[C@H]4CC=C(C)C[C@H]4C3)cc2c1. The number of benzene rings is 1. The van der Waals surface area contributed by atoms with E-state index in [9.17, 15) is 4.79 Å². The second-order valence-electron chi connectivity index (χ2n) is 6.86. The fourth-order valence-electron chi connectivity index (χ4n) is 3.98. The lowest BCUT2D eigenvalue weighted by Gasteiger charge is -2.21. The summed E-state index contributed by atoms with van der Waals surface area (Å²) in [6.07, 6.45) is 4.59. The molecule has 4 rings (SSSR count). The molecule has 1 amide bonds. The smallest absolute Gasteiger partial charge is 0.270 e. The molecule has 0 bridgehead atoms. The Bertz CT molecular complexity index is 790. The summed E-state index contributed by atoms with van der Waals surface area (Å²) in [5.74, 6) is 2.19. The number of ether oxygens (including phenoxy) is 1. The first kappa shape index (κ1) is 14.4. The zero-order chi connectivity index (χ0) is 16.0. The highest BCUT2D eigenvalue weighted by Crippen LogP contribution is 2.36. The molecule has 1 aromatic carbocycles. The average molecular weight is 310 g/mol. The molecular formula is C19H22N2O2. The molecule has 0 unspecified atom stereocenters. The molecule has 2 aliphatic rings. The van der Waals surface area contributed by atoms with Crippen LogP contribution in [0.15, 0.2) is 35.9 Å². The van der Waals surface area contributed by atoms with Gasteiger partial charge in [0, 0.05) is 24.0 Å². The Morgan fingerprint density at radius 2 is 2.09 bits per heavy atom. The number of aromatic amines is 1. The van der Waals surface area contributed by atoms with E-state index in [1.165, 1.54) is 5.57 Å². The van der Waals surface area contributed by atoms with E-state index in [1.54, 1.807) is 7.11 Å². The molecule has 2 aromatic rings. The summed E-state index contributed by atoms with van der Waals surface area (Å²) >= 11 is 0. The van der Waals surface area contributed by atoms with Crippen LogP contribution in [0.2, 0.25) is 0 Å². The van der Waals surface area contributed by atoms with Crippen LogP contribution in [0.1, 0.15) is 30.3 Å². The number of likely N-dealkylation sites (tertiary alicyclic amines) is 1. The molecule has 1 aromatic heterocycles. The number of rotatable bonds is 2. The van der Waals surface area contributed by atoms with Crippen LogP contribution >= 0.6 is 0 Å². The maximum Gasteiger partial charge on any atom is 0.270 e. The highest BCUT2D eigenvalue weighted by molar-refractivity contribution is 5.98. The number of methoxy groups -OCH3 is 1. The normalized spacial score (nSPS) is 23.7. The van der Waals surface area contributed by atoms with Gasteiger partial charge in [0.15, 0.2) is 0 Å². The van der Waals surface area contributed by atoms with Gasteiger partial charge in [0.25, 0.3) is 5.91 Å². The first-order valence-corrected chi connectivity index (χ1v) is 8.25. The maximum absolute atomic E-state index is 12.8. The number of hydrogen-bond acceptors (Lipinski definition) is 2. The lowest BCUT2D eigenvalue weighted by molar-refractivity contribution is 0.0779. The Labute approximate surface area is 136 Å². The van der Waals surface area contributed by atoms with Gasteiger partial charge in [-0.2, -0.15) is 0 Å². The molecule has 4 heteroatoms. The third-order valence-corrected chi connectivity index (χ3v) is 5.28. The maximum atomic E-state index is 12.8. The minimum absolute atomic E-state index is 0.118. The van der Waals surface area contributed by atoms with E-state index < -0.39 is 0 Å². The summed E-state index contributed by atoms with van der Waals surface area (Å²) in [7, 11) is 1.65. The monoisotopic (exact) mass is 310 g/mol. The second-order valence-corrected chi connectivity index (χ2v) is 6.86. The summed E-state index contributed by atoms with van der Waals surface area (Å²) in [5.41, 5.74) is 3.12. The fourth-order valence-corrected chi connectivity index (χ4v) is 3.98. The van der Waals surface area contributed by atoms with Gasteiger partial charge >= 0.3 is 0 Å². The molecule has 2 heterocycles. The van der Waals surface area contributed by atoms with Gasteiger partial charge in [-0.15, -0.1) is 0 Å². The van der Waals surface area contributed by atoms with E-state index >= 15 is 0 Å². The van der Waals surface area contributed by atoms with Crippen molar-refractivity contribution in [2.24, 2.45) is 11.8 Å². The molecule has 0 radical (unpaired) electrons. The number of aromatic nitrogens is 1. The molecule has 0 saturated carbocycles. The molecule has 1 N–H and O–H groups in total. The molecule has 23 heavy (non-hydrogen) atoms. The number of nitrogens with zero attached hydrogens (tertiary/aromatic N) is 1. The molecule has 4 nitrogen and oxygen atoms in total. The molecule has 1 aliphatic heterocycles. The minimum atomic E-state index is 0.118. The van der Waals surface area contributed by atoms with Crippen LogP contribution in [0.25, 0.3) is 10.9 Å². The standard InChI is InChI=1S/C19H22N2O2/c1-12-3-4-13-10-21(11-15(13)7-12)19(22)18-9-14-8-16(23-2)5-6-17(14)20-18/h3,5-6,8-9,13,15,20H,4,7,10-11H2,1-2H3/t13-,15+/m1/s1. The van der Waals surface area contributed by atoms with Crippen LogP contribution in [0.5, 0.6) is 5.75 Å². The second kappa shape index (κ2) is 5.44. The number of fused-ring (bicyclic) bond motifs is 2. The van der Waals surface area contributed by atoms with Gasteiger partial charge in [-0.25, -0.2) is 0 Å². The largest absolute Gasteiger partial charge is 0.497 e. The zero-order valence-electron chi connectivity index (χ0n) is 13.6. The molecule has 120 valence electrons. The number of nitrogens with one attached hydrogen (secondary N) is 1. The fraction of sp³-hybridized carbons (Fsp3) is 0.421. The van der Waals surface area contributed by atoms with Crippen LogP contribution in [-0.2, 0) is 0 Å². The van der Waals surface area contributed by atoms with Crippen LogP contribution in [0, 0.1) is 11.8 Å². The van der Waals surface area contributed by atoms with Crippen molar-refractivity contribution in [3.63, 3.8) is 0 Å². The van der Waals surface area contributed by atoms with E-state index in [0.717, 1.165) is 42.6 Å². The van der Waals surface area contributed by atoms with Crippen molar-refractivity contribution in [3.05, 3.63) is 41.6 Å². The topological polar surface area (TPSA) is 45.3 Å². The Balaban J connectivity index is 1.56. The summed E-state index contributed by atoms with van der Waals surface area (Å²) in [5, 5.41) is 1.02. The van der Waals surface area contributed by atoms with Crippen molar-refractivity contribution in [1.82, 2.24) is 9.88 Å². The van der Waals surface area contributed by atoms with Crippen molar-refractivity contribution in [3.8, 4) is 5.75 Å². The Morgan fingerprint density at radius 3 is 2.91 bits per heavy atom. The van der Waals surface area contributed by atoms with Gasteiger partial charge in [0.05, 0.1) is 7.11 Å². The summed E-state index contributed by atoms with van der Waals surface area (Å²) in [6.45, 7) is 3.96. The number of amides is 1. The molecular weight excluding hydrogens is 288 g/mol. The average Bonchev–Trinajstić information content (AvgIpc) is 3.16. The minimum Gasteiger partial charge on any atom is -0.497 e. The lowest BCUT2D eigenvalue weighted by Crippen LogP contribution is -2.29. The van der Waals surface area contributed by atoms with Gasteiger partial charge in [0.1, 0.15) is 11.4 Å². The van der Waals surface area contributed by atoms with E-state index in [2.05, 4.69) is 18.0 Å². The molecule has 1 aliphatic carbocycles. The summed E-state index contributed by atoms with van der Waals surface area (Å²) in [4.78, 5) is 18.1. The lowest BCUT2D eigenvalue weighted by atomic mass is 9.83. The van der Waals surface area contributed by atoms with Crippen LogP contribution in [-0.4, -0.2) is 36.0 Å². The van der Waals surface area contributed by atoms with E-state index in [1.807, 2.05) is 29.2 Å². The van der Waals surface area contributed by atoms with Gasteiger partial charge in [0.2, 0.25) is 0 Å². The zero-order valence-corrected chi connectivity index (χ0v) is 13.6. The van der Waals surface area contributed by atoms with E-state index in [-0.39, 0.29) is 5.91 Å². The van der Waals surface area contributed by atoms with Gasteiger partial charge in [-0.1, -0.05) is 11.6 Å². The highest BCUT2D eigenvalue weighted by Gasteiger charge is 2.36. The van der Waals surface area contributed by atoms with Crippen LogP contribution < -0.4 is 4.74 Å². The van der Waals surface area contributed by atoms with Crippen molar-refractivity contribution in [2.45, 2.75) is 19.8 Å². The number of H-pyrrole nitrogens is 1. The first-order chi connectivity index (χ1) is 11.1. The third kappa shape index (κ3) is 2.52. The van der Waals surface area contributed by atoms with Crippen LogP contribution in [0.4, 0.5) is 0 Å². The highest BCUT2D eigenvalue weighted by atomic mass is 16.5. The first-order valence-electron chi connectivity index (χ1n) is 8.25. The predicted octanol–water partition coefficient (Wildman–Crippen LogP) is 3.60. The Kier molecular flexibility index (Phi) is 3.40. The Morgan fingerprint density at radius 1 is 1.26 bits per heavy atom. The van der Waals surface area contributed by atoms with Crippen molar-refractivity contribution < 1.29 is 9.53 Å². The van der Waals surface area contributed by atoms with Crippen LogP contribution in [0.3, 0.4) is 0 Å². The Hall–Kier alpha value is -2.23. The third-order valence-electron chi connectivity index (χ3n) is 5.28. The number of carbonyl (C=O) groups is 1. The van der Waals surface area contributed by atoms with Crippen molar-refractivity contribution in [2.75, 3.05) is 20.2 Å². The summed E-state index contributed by atoms with van der Waals surface area (Å²) < 4.78 is 5.25. The van der Waals surface area contributed by atoms with Crippen molar-refractivity contribution >= 4 is 16.8 Å². The molecule has 1 saturated heterocycles. The molecule has 1 fully saturated rings. The van der Waals surface area contributed by atoms with Crippen molar-refractivity contribution in [1.29, 1.82) is 0 Å². The molecule has 0 spiro atoms. The number of allylic oxidation sites excluding steroid dienone is 2. The predicted molar refractivity (Wildman–Crippen MR) is 90.7 cm³/mol. The van der Waals surface area contributed by atoms with Gasteiger partial charge in [-0.3, -0.25) is 4.79 Å². The van der Waals surface area contributed by atoms with E-state index in [0.29, 0.717) is 17.5 Å². The summed E-state index contributed by atoms with van der Waals surface area (Å²) in [6, 6.07) is 7.76. The van der Waals surface area contributed by atoms with Gasteiger partial charge < -0.3 is 14.6 Å².